The number of piperazine rings is 1. The minimum Gasteiger partial charge on any atom is -0.489 e. The summed E-state index contributed by atoms with van der Waals surface area (Å²) in [6, 6.07) is 17.2. The number of hydrogen-bond donors (Lipinski definition) is 1. The molecule has 0 radical (unpaired) electrons. The van der Waals surface area contributed by atoms with E-state index in [-0.39, 0.29) is 6.04 Å². The number of nitrogens with one attached hydrogen (secondary N) is 1. The Morgan fingerprint density at radius 1 is 1.05 bits per heavy atom. The Balaban J connectivity index is 1.18. The summed E-state index contributed by atoms with van der Waals surface area (Å²) in [4.78, 5) is 39.5. The molecule has 2 aromatic carbocycles. The van der Waals surface area contributed by atoms with Crippen molar-refractivity contribution in [2.24, 2.45) is 7.05 Å². The molecule has 0 unspecified atom stereocenters. The van der Waals surface area contributed by atoms with Crippen LogP contribution in [0.4, 0.5) is 17.3 Å². The monoisotopic (exact) mass is 542 g/mol. The van der Waals surface area contributed by atoms with Crippen molar-refractivity contribution in [3.05, 3.63) is 83.4 Å². The van der Waals surface area contributed by atoms with Crippen molar-refractivity contribution < 1.29 is 14.3 Å². The zero-order valence-corrected chi connectivity index (χ0v) is 22.4. The highest BCUT2D eigenvalue weighted by Crippen LogP contribution is 2.38. The molecule has 1 fully saturated rings. The maximum Gasteiger partial charge on any atom is 0.298 e. The third kappa shape index (κ3) is 4.70. The van der Waals surface area contributed by atoms with Crippen molar-refractivity contribution in [3.8, 4) is 16.9 Å². The molecule has 39 heavy (non-hydrogen) atoms. The largest absolute Gasteiger partial charge is 0.489 e. The maximum atomic E-state index is 13.3. The highest BCUT2D eigenvalue weighted by atomic mass is 35.5. The molecule has 2 aliphatic rings. The number of rotatable bonds is 5. The van der Waals surface area contributed by atoms with Crippen LogP contribution in [0, 0.1) is 6.92 Å². The van der Waals surface area contributed by atoms with Gasteiger partial charge in [0, 0.05) is 49.7 Å². The normalized spacial score (nSPS) is 16.2. The summed E-state index contributed by atoms with van der Waals surface area (Å²) in [5.41, 5.74) is 4.33. The number of ether oxygens (including phenoxy) is 1. The van der Waals surface area contributed by atoms with Crippen molar-refractivity contribution in [3.63, 3.8) is 0 Å². The van der Waals surface area contributed by atoms with E-state index >= 15 is 0 Å². The van der Waals surface area contributed by atoms with Crippen LogP contribution in [0.2, 0.25) is 5.02 Å². The average Bonchev–Trinajstić information content (AvgIpc) is 3.26. The fourth-order valence-electron chi connectivity index (χ4n) is 5.24. The van der Waals surface area contributed by atoms with Gasteiger partial charge in [-0.2, -0.15) is 0 Å². The molecule has 1 atom stereocenters. The van der Waals surface area contributed by atoms with Gasteiger partial charge in [-0.3, -0.25) is 9.59 Å². The highest BCUT2D eigenvalue weighted by Gasteiger charge is 2.34. The summed E-state index contributed by atoms with van der Waals surface area (Å²) < 4.78 is 7.85. The molecule has 2 aromatic heterocycles. The van der Waals surface area contributed by atoms with E-state index < -0.39 is 11.7 Å². The minimum atomic E-state index is -0.696. The maximum absolute atomic E-state index is 13.3. The lowest BCUT2D eigenvalue weighted by Crippen LogP contribution is -2.57. The lowest BCUT2D eigenvalue weighted by atomic mass is 10.0. The summed E-state index contributed by atoms with van der Waals surface area (Å²) in [6.07, 6.45) is 3.20. The zero-order chi connectivity index (χ0) is 27.1. The van der Waals surface area contributed by atoms with E-state index in [0.29, 0.717) is 41.3 Å². The molecule has 0 spiro atoms. The first-order chi connectivity index (χ1) is 18.9. The van der Waals surface area contributed by atoms with Crippen LogP contribution in [0.5, 0.6) is 5.75 Å². The van der Waals surface area contributed by atoms with Crippen LogP contribution in [0.1, 0.15) is 16.2 Å². The molecule has 1 saturated heterocycles. The Labute approximate surface area is 231 Å². The predicted molar refractivity (Wildman–Crippen MR) is 151 cm³/mol. The molecular weight excluding hydrogens is 516 g/mol. The number of aromatic nitrogens is 3. The molecule has 0 aliphatic carbocycles. The Morgan fingerprint density at radius 3 is 2.59 bits per heavy atom. The molecule has 0 saturated carbocycles. The molecule has 9 nitrogen and oxygen atoms in total. The number of carbonyl (C=O) groups excluding carboxylic acids is 2. The Morgan fingerprint density at radius 2 is 1.82 bits per heavy atom. The van der Waals surface area contributed by atoms with Crippen molar-refractivity contribution in [2.45, 2.75) is 13.0 Å². The van der Waals surface area contributed by atoms with Gasteiger partial charge >= 0.3 is 0 Å². The molecule has 0 bridgehead atoms. The molecule has 4 aromatic rings. The number of fused-ring (bicyclic) bond motifs is 3. The van der Waals surface area contributed by atoms with Gasteiger partial charge in [0.2, 0.25) is 5.95 Å². The van der Waals surface area contributed by atoms with Gasteiger partial charge < -0.3 is 24.4 Å². The molecule has 4 heterocycles. The fraction of sp³-hybridized carbons (Fsp3) is 0.241. The average molecular weight is 543 g/mol. The minimum absolute atomic E-state index is 0.129. The summed E-state index contributed by atoms with van der Waals surface area (Å²) in [5.74, 6) is 0.0334. The Hall–Kier alpha value is -4.37. The lowest BCUT2D eigenvalue weighted by molar-refractivity contribution is -0.112. The standard InChI is InChI=1S/C29H27ClN6O3/c1-18-12-23(19-6-4-3-5-7-19)26(34(18)2)27(37)28(38)33-21-8-9-24-25(13-21)39-17-22-16-35(10-11-36(22)24)29-31-14-20(30)15-32-29/h3-9,12-15,22H,10-11,16-17H2,1-2H3,(H,33,38)/t22-/m1/s1. The number of halogens is 1. The van der Waals surface area contributed by atoms with E-state index in [1.807, 2.05) is 49.4 Å². The molecule has 6 rings (SSSR count). The van der Waals surface area contributed by atoms with Gasteiger partial charge in [-0.1, -0.05) is 41.9 Å². The van der Waals surface area contributed by atoms with E-state index in [1.165, 1.54) is 0 Å². The van der Waals surface area contributed by atoms with Crippen molar-refractivity contribution in [2.75, 3.05) is 41.4 Å². The van der Waals surface area contributed by atoms with Gasteiger partial charge in [-0.15, -0.1) is 0 Å². The second-order valence-corrected chi connectivity index (χ2v) is 10.2. The van der Waals surface area contributed by atoms with Crippen LogP contribution in [0.3, 0.4) is 0 Å². The van der Waals surface area contributed by atoms with Crippen LogP contribution in [-0.4, -0.2) is 58.5 Å². The second kappa shape index (κ2) is 10.1. The lowest BCUT2D eigenvalue weighted by Gasteiger charge is -2.45. The Bertz CT molecular complexity index is 1550. The quantitative estimate of drug-likeness (QED) is 0.296. The SMILES string of the molecule is Cc1cc(-c2ccccc2)c(C(=O)C(=O)Nc2ccc3c(c2)OC[C@H]2CN(c4ncc(Cl)cn4)CCN32)n1C. The third-order valence-corrected chi connectivity index (χ3v) is 7.50. The molecule has 10 heteroatoms. The number of carbonyl (C=O) groups is 2. The molecular formula is C29H27ClN6O3. The van der Waals surface area contributed by atoms with E-state index in [1.54, 1.807) is 36.1 Å². The fourth-order valence-corrected chi connectivity index (χ4v) is 5.33. The van der Waals surface area contributed by atoms with E-state index in [9.17, 15) is 9.59 Å². The highest BCUT2D eigenvalue weighted by molar-refractivity contribution is 6.47. The number of Topliss-reactive ketones (excluding diaryl/α,β-unsaturated/α-hetero) is 1. The van der Waals surface area contributed by atoms with Gasteiger partial charge in [0.25, 0.3) is 11.7 Å². The van der Waals surface area contributed by atoms with Gasteiger partial charge in [-0.25, -0.2) is 9.97 Å². The summed E-state index contributed by atoms with van der Waals surface area (Å²) in [7, 11) is 1.80. The van der Waals surface area contributed by atoms with Crippen LogP contribution in [0.15, 0.2) is 67.0 Å². The van der Waals surface area contributed by atoms with Crippen LogP contribution in [-0.2, 0) is 11.8 Å². The third-order valence-electron chi connectivity index (χ3n) is 7.31. The number of nitrogens with zero attached hydrogens (tertiary/aromatic N) is 5. The Kier molecular flexibility index (Phi) is 6.44. The van der Waals surface area contributed by atoms with Crippen molar-refractivity contribution in [1.82, 2.24) is 14.5 Å². The van der Waals surface area contributed by atoms with Crippen LogP contribution in [0.25, 0.3) is 11.1 Å². The number of ketones is 1. The van der Waals surface area contributed by atoms with Gasteiger partial charge in [0.05, 0.1) is 29.1 Å². The first-order valence-electron chi connectivity index (χ1n) is 12.7. The van der Waals surface area contributed by atoms with Crippen molar-refractivity contribution in [1.29, 1.82) is 0 Å². The first-order valence-corrected chi connectivity index (χ1v) is 13.1. The summed E-state index contributed by atoms with van der Waals surface area (Å²) in [6.45, 7) is 4.64. The molecule has 2 aliphatic heterocycles. The van der Waals surface area contributed by atoms with Gasteiger partial charge in [0.15, 0.2) is 0 Å². The second-order valence-electron chi connectivity index (χ2n) is 9.74. The predicted octanol–water partition coefficient (Wildman–Crippen LogP) is 4.35. The number of benzene rings is 2. The van der Waals surface area contributed by atoms with Gasteiger partial charge in [-0.05, 0) is 30.7 Å². The topological polar surface area (TPSA) is 92.6 Å². The summed E-state index contributed by atoms with van der Waals surface area (Å²) in [5, 5.41) is 3.28. The first kappa shape index (κ1) is 24.9. The van der Waals surface area contributed by atoms with Crippen LogP contribution >= 0.6 is 11.6 Å². The van der Waals surface area contributed by atoms with E-state index in [0.717, 1.165) is 35.6 Å². The number of amides is 1. The van der Waals surface area contributed by atoms with Gasteiger partial charge in [0.1, 0.15) is 18.1 Å². The van der Waals surface area contributed by atoms with Crippen molar-refractivity contribution >= 4 is 40.6 Å². The molecule has 1 N–H and O–H groups in total. The number of aryl methyl sites for hydroxylation is 1. The number of anilines is 3. The molecule has 198 valence electrons. The summed E-state index contributed by atoms with van der Waals surface area (Å²) >= 11 is 5.93. The van der Waals surface area contributed by atoms with Crippen LogP contribution < -0.4 is 19.9 Å². The number of hydrogen-bond acceptors (Lipinski definition) is 7. The smallest absolute Gasteiger partial charge is 0.298 e. The zero-order valence-electron chi connectivity index (χ0n) is 21.6. The molecule has 1 amide bonds. The van der Waals surface area contributed by atoms with E-state index in [2.05, 4.69) is 25.1 Å². The van der Waals surface area contributed by atoms with E-state index in [4.69, 9.17) is 16.3 Å².